The van der Waals surface area contributed by atoms with E-state index in [2.05, 4.69) is 21.2 Å². The van der Waals surface area contributed by atoms with Crippen LogP contribution in [0.25, 0.3) is 0 Å². The number of nitrogens with one attached hydrogen (secondary N) is 1. The standard InChI is InChI=1S/C16H17BrFNO2/c1-10(12-3-5-13(18)6-4-12)19-9-11-7-14(17)16(20)15(8-11)21-2/h3-8,10,19-20H,9H2,1-2H3. The van der Waals surface area contributed by atoms with Crippen molar-refractivity contribution in [3.05, 3.63) is 57.8 Å². The SMILES string of the molecule is COc1cc(CNC(C)c2ccc(F)cc2)cc(Br)c1O. The van der Waals surface area contributed by atoms with Gasteiger partial charge in [0.15, 0.2) is 11.5 Å². The van der Waals surface area contributed by atoms with Crippen LogP contribution in [0.1, 0.15) is 24.1 Å². The number of rotatable bonds is 5. The zero-order chi connectivity index (χ0) is 15.4. The molecule has 0 aromatic heterocycles. The highest BCUT2D eigenvalue weighted by atomic mass is 79.9. The summed E-state index contributed by atoms with van der Waals surface area (Å²) in [4.78, 5) is 0. The van der Waals surface area contributed by atoms with Crippen LogP contribution in [0.5, 0.6) is 11.5 Å². The fraction of sp³-hybridized carbons (Fsp3) is 0.250. The average Bonchev–Trinajstić information content (AvgIpc) is 2.48. The number of phenols is 1. The number of hydrogen-bond donors (Lipinski definition) is 2. The third-order valence-corrected chi connectivity index (χ3v) is 3.90. The van der Waals surface area contributed by atoms with Crippen molar-refractivity contribution in [2.24, 2.45) is 0 Å². The van der Waals surface area contributed by atoms with Crippen LogP contribution < -0.4 is 10.1 Å². The lowest BCUT2D eigenvalue weighted by Gasteiger charge is -2.15. The molecule has 2 aromatic rings. The fourth-order valence-electron chi connectivity index (χ4n) is 2.03. The summed E-state index contributed by atoms with van der Waals surface area (Å²) in [6, 6.07) is 10.1. The van der Waals surface area contributed by atoms with Crippen molar-refractivity contribution in [3.8, 4) is 11.5 Å². The zero-order valence-electron chi connectivity index (χ0n) is 11.9. The summed E-state index contributed by atoms with van der Waals surface area (Å²) < 4.78 is 18.6. The third kappa shape index (κ3) is 3.95. The molecule has 0 spiro atoms. The summed E-state index contributed by atoms with van der Waals surface area (Å²) in [6.07, 6.45) is 0. The maximum absolute atomic E-state index is 12.9. The molecule has 21 heavy (non-hydrogen) atoms. The normalized spacial score (nSPS) is 12.2. The number of hydrogen-bond acceptors (Lipinski definition) is 3. The maximum Gasteiger partial charge on any atom is 0.172 e. The first-order chi connectivity index (χ1) is 10.0. The van der Waals surface area contributed by atoms with E-state index in [9.17, 15) is 9.50 Å². The molecular weight excluding hydrogens is 337 g/mol. The molecule has 0 radical (unpaired) electrons. The molecule has 0 amide bonds. The van der Waals surface area contributed by atoms with Crippen molar-refractivity contribution in [3.63, 3.8) is 0 Å². The first kappa shape index (κ1) is 15.8. The molecular formula is C16H17BrFNO2. The van der Waals surface area contributed by atoms with Gasteiger partial charge in [-0.15, -0.1) is 0 Å². The molecule has 2 rings (SSSR count). The van der Waals surface area contributed by atoms with Gasteiger partial charge in [0.1, 0.15) is 5.82 Å². The Kier molecular flexibility index (Phi) is 5.20. The van der Waals surface area contributed by atoms with Gasteiger partial charge in [0, 0.05) is 12.6 Å². The molecule has 1 unspecified atom stereocenters. The van der Waals surface area contributed by atoms with Gasteiger partial charge in [-0.2, -0.15) is 0 Å². The van der Waals surface area contributed by atoms with Gasteiger partial charge in [-0.3, -0.25) is 0 Å². The van der Waals surface area contributed by atoms with Crippen LogP contribution in [0, 0.1) is 5.82 Å². The van der Waals surface area contributed by atoms with E-state index in [0.717, 1.165) is 11.1 Å². The highest BCUT2D eigenvalue weighted by molar-refractivity contribution is 9.10. The van der Waals surface area contributed by atoms with Crippen molar-refractivity contribution in [2.75, 3.05) is 7.11 Å². The Morgan fingerprint density at radius 2 is 1.95 bits per heavy atom. The van der Waals surface area contributed by atoms with Crippen LogP contribution in [0.3, 0.4) is 0 Å². The number of halogens is 2. The first-order valence-electron chi connectivity index (χ1n) is 6.55. The van der Waals surface area contributed by atoms with Crippen LogP contribution in [-0.4, -0.2) is 12.2 Å². The van der Waals surface area contributed by atoms with Crippen LogP contribution >= 0.6 is 15.9 Å². The summed E-state index contributed by atoms with van der Waals surface area (Å²) in [6.45, 7) is 2.62. The zero-order valence-corrected chi connectivity index (χ0v) is 13.4. The van der Waals surface area contributed by atoms with Gasteiger partial charge in [0.05, 0.1) is 11.6 Å². The summed E-state index contributed by atoms with van der Waals surface area (Å²) in [5, 5.41) is 13.1. The summed E-state index contributed by atoms with van der Waals surface area (Å²) >= 11 is 3.30. The van der Waals surface area contributed by atoms with Gasteiger partial charge in [0.25, 0.3) is 0 Å². The minimum atomic E-state index is -0.238. The van der Waals surface area contributed by atoms with Gasteiger partial charge in [-0.25, -0.2) is 4.39 Å². The van der Waals surface area contributed by atoms with E-state index >= 15 is 0 Å². The average molecular weight is 354 g/mol. The lowest BCUT2D eigenvalue weighted by molar-refractivity contribution is 0.371. The Morgan fingerprint density at radius 1 is 1.29 bits per heavy atom. The Bertz CT molecular complexity index is 616. The Hall–Kier alpha value is -1.59. The number of methoxy groups -OCH3 is 1. The third-order valence-electron chi connectivity index (χ3n) is 3.29. The predicted molar refractivity (Wildman–Crippen MR) is 84.0 cm³/mol. The second-order valence-corrected chi connectivity index (χ2v) is 5.64. The molecule has 0 aliphatic carbocycles. The predicted octanol–water partition coefficient (Wildman–Crippen LogP) is 4.15. The molecule has 0 heterocycles. The summed E-state index contributed by atoms with van der Waals surface area (Å²) in [5.41, 5.74) is 1.99. The molecule has 2 aromatic carbocycles. The van der Waals surface area contributed by atoms with E-state index in [1.54, 1.807) is 18.2 Å². The van der Waals surface area contributed by atoms with Gasteiger partial charge >= 0.3 is 0 Å². The molecule has 0 saturated carbocycles. The molecule has 1 atom stereocenters. The van der Waals surface area contributed by atoms with Crippen molar-refractivity contribution < 1.29 is 14.2 Å². The molecule has 0 aliphatic heterocycles. The van der Waals surface area contributed by atoms with Crippen molar-refractivity contribution in [1.29, 1.82) is 0 Å². The van der Waals surface area contributed by atoms with Crippen LogP contribution in [-0.2, 0) is 6.54 Å². The monoisotopic (exact) mass is 353 g/mol. The molecule has 112 valence electrons. The van der Waals surface area contributed by atoms with Crippen molar-refractivity contribution >= 4 is 15.9 Å². The molecule has 0 bridgehead atoms. The molecule has 2 N–H and O–H groups in total. The Morgan fingerprint density at radius 3 is 2.57 bits per heavy atom. The van der Waals surface area contributed by atoms with E-state index < -0.39 is 0 Å². The van der Waals surface area contributed by atoms with Gasteiger partial charge in [-0.1, -0.05) is 12.1 Å². The largest absolute Gasteiger partial charge is 0.503 e. The molecule has 0 aliphatic rings. The van der Waals surface area contributed by atoms with Crippen LogP contribution in [0.2, 0.25) is 0 Å². The molecule has 3 nitrogen and oxygen atoms in total. The van der Waals surface area contributed by atoms with Crippen LogP contribution in [0.15, 0.2) is 40.9 Å². The van der Waals surface area contributed by atoms with E-state index in [4.69, 9.17) is 4.74 Å². The van der Waals surface area contributed by atoms with E-state index in [1.165, 1.54) is 19.2 Å². The highest BCUT2D eigenvalue weighted by Crippen LogP contribution is 2.35. The number of phenolic OH excluding ortho intramolecular Hbond substituents is 1. The number of ether oxygens (including phenoxy) is 1. The van der Waals surface area contributed by atoms with Gasteiger partial charge < -0.3 is 15.2 Å². The lowest BCUT2D eigenvalue weighted by atomic mass is 10.1. The first-order valence-corrected chi connectivity index (χ1v) is 7.34. The molecule has 0 fully saturated rings. The highest BCUT2D eigenvalue weighted by Gasteiger charge is 2.10. The van der Waals surface area contributed by atoms with Gasteiger partial charge in [0.2, 0.25) is 0 Å². The molecule has 0 saturated heterocycles. The smallest absolute Gasteiger partial charge is 0.172 e. The minimum absolute atomic E-state index is 0.0872. The van der Waals surface area contributed by atoms with Crippen molar-refractivity contribution in [1.82, 2.24) is 5.32 Å². The van der Waals surface area contributed by atoms with E-state index in [0.29, 0.717) is 16.8 Å². The quantitative estimate of drug-likeness (QED) is 0.848. The van der Waals surface area contributed by atoms with E-state index in [1.807, 2.05) is 13.0 Å². The van der Waals surface area contributed by atoms with Crippen LogP contribution in [0.4, 0.5) is 4.39 Å². The van der Waals surface area contributed by atoms with Crippen molar-refractivity contribution in [2.45, 2.75) is 19.5 Å². The number of benzene rings is 2. The lowest BCUT2D eigenvalue weighted by Crippen LogP contribution is -2.18. The Balaban J connectivity index is 2.05. The number of aromatic hydroxyl groups is 1. The topological polar surface area (TPSA) is 41.5 Å². The van der Waals surface area contributed by atoms with Gasteiger partial charge in [-0.05, 0) is 58.2 Å². The molecule has 5 heteroatoms. The summed E-state index contributed by atoms with van der Waals surface area (Å²) in [5.74, 6) is 0.279. The Labute approximate surface area is 131 Å². The second kappa shape index (κ2) is 6.91. The second-order valence-electron chi connectivity index (χ2n) is 4.78. The van der Waals surface area contributed by atoms with E-state index in [-0.39, 0.29) is 17.6 Å². The summed E-state index contributed by atoms with van der Waals surface area (Å²) in [7, 11) is 1.51. The fourth-order valence-corrected chi connectivity index (χ4v) is 2.51. The minimum Gasteiger partial charge on any atom is -0.503 e. The maximum atomic E-state index is 12.9.